The molecule has 6 nitrogen and oxygen atoms in total. The van der Waals surface area contributed by atoms with E-state index in [2.05, 4.69) is 80.6 Å². The van der Waals surface area contributed by atoms with E-state index in [0.717, 1.165) is 65.5 Å². The summed E-state index contributed by atoms with van der Waals surface area (Å²) in [4.78, 5) is 14.9. The molecule has 5 rings (SSSR count). The molecular weight excluding hydrogens is 374 g/mol. The molecule has 0 saturated carbocycles. The monoisotopic (exact) mass is 399 g/mol. The van der Waals surface area contributed by atoms with E-state index in [1.54, 1.807) is 6.33 Å². The van der Waals surface area contributed by atoms with Gasteiger partial charge in [-0.15, -0.1) is 0 Å². The van der Waals surface area contributed by atoms with Gasteiger partial charge < -0.3 is 19.9 Å². The van der Waals surface area contributed by atoms with Crippen molar-refractivity contribution in [3.05, 3.63) is 60.4 Å². The fourth-order valence-corrected chi connectivity index (χ4v) is 4.15. The van der Waals surface area contributed by atoms with Gasteiger partial charge in [-0.2, -0.15) is 0 Å². The third-order valence-corrected chi connectivity index (χ3v) is 5.84. The number of hydrogen-bond acceptors (Lipinski definition) is 5. The first-order valence-corrected chi connectivity index (χ1v) is 10.3. The number of fused-ring (bicyclic) bond motifs is 1. The summed E-state index contributed by atoms with van der Waals surface area (Å²) >= 11 is 0. The van der Waals surface area contributed by atoms with Gasteiger partial charge in [0.2, 0.25) is 0 Å². The smallest absolute Gasteiger partial charge is 0.141 e. The first kappa shape index (κ1) is 18.6. The number of nitrogens with zero attached hydrogens (tertiary/aromatic N) is 3. The van der Waals surface area contributed by atoms with Crippen molar-refractivity contribution < 1.29 is 4.74 Å². The first-order chi connectivity index (χ1) is 14.7. The van der Waals surface area contributed by atoms with Gasteiger partial charge in [-0.1, -0.05) is 24.3 Å². The third-order valence-electron chi connectivity index (χ3n) is 5.84. The van der Waals surface area contributed by atoms with E-state index in [9.17, 15) is 0 Å². The van der Waals surface area contributed by atoms with Gasteiger partial charge in [0, 0.05) is 48.2 Å². The Bertz CT molecular complexity index is 1180. The molecule has 0 radical (unpaired) electrons. The zero-order valence-corrected chi connectivity index (χ0v) is 17.3. The van der Waals surface area contributed by atoms with Crippen LogP contribution in [0.4, 0.5) is 11.4 Å². The van der Waals surface area contributed by atoms with Crippen molar-refractivity contribution in [1.29, 1.82) is 0 Å². The molecule has 0 bridgehead atoms. The summed E-state index contributed by atoms with van der Waals surface area (Å²) in [6.45, 7) is 5.58. The van der Waals surface area contributed by atoms with Crippen molar-refractivity contribution in [3.63, 3.8) is 0 Å². The van der Waals surface area contributed by atoms with E-state index in [0.29, 0.717) is 0 Å². The average molecular weight is 399 g/mol. The second kappa shape index (κ2) is 7.80. The molecule has 0 spiro atoms. The standard InChI is InChI=1S/C24H25N5O/c1-16-19(4-3-5-21(16)25-2)23-20-14-22(28-24(20)27-15-26-23)17-6-8-18(9-7-17)29-10-12-30-13-11-29/h3-9,14-15,25H,10-13H2,1-2H3,(H,26,27,28). The zero-order chi connectivity index (χ0) is 20.5. The molecule has 4 aromatic rings. The minimum atomic E-state index is 0.791. The van der Waals surface area contributed by atoms with Crippen LogP contribution in [0.25, 0.3) is 33.5 Å². The van der Waals surface area contributed by atoms with Crippen LogP contribution in [0.5, 0.6) is 0 Å². The van der Waals surface area contributed by atoms with Gasteiger partial charge >= 0.3 is 0 Å². The molecule has 0 unspecified atom stereocenters. The third kappa shape index (κ3) is 3.29. The molecule has 6 heteroatoms. The Hall–Kier alpha value is -3.38. The molecule has 0 aliphatic carbocycles. The Morgan fingerprint density at radius 3 is 2.60 bits per heavy atom. The Morgan fingerprint density at radius 2 is 1.83 bits per heavy atom. The molecule has 152 valence electrons. The van der Waals surface area contributed by atoms with Crippen molar-refractivity contribution in [1.82, 2.24) is 15.0 Å². The topological polar surface area (TPSA) is 66.1 Å². The fourth-order valence-electron chi connectivity index (χ4n) is 4.15. The van der Waals surface area contributed by atoms with Crippen LogP contribution < -0.4 is 10.2 Å². The van der Waals surface area contributed by atoms with Crippen LogP contribution in [0, 0.1) is 6.92 Å². The highest BCUT2D eigenvalue weighted by molar-refractivity contribution is 5.95. The maximum Gasteiger partial charge on any atom is 0.141 e. The maximum absolute atomic E-state index is 5.45. The van der Waals surface area contributed by atoms with Crippen LogP contribution in [0.1, 0.15) is 5.56 Å². The maximum atomic E-state index is 5.45. The number of aromatic nitrogens is 3. The highest BCUT2D eigenvalue weighted by Gasteiger charge is 2.15. The van der Waals surface area contributed by atoms with E-state index in [-0.39, 0.29) is 0 Å². The minimum absolute atomic E-state index is 0.791. The second-order valence-corrected chi connectivity index (χ2v) is 7.54. The molecule has 1 aliphatic heterocycles. The lowest BCUT2D eigenvalue weighted by molar-refractivity contribution is 0.122. The SMILES string of the molecule is CNc1cccc(-c2ncnc3[nH]c(-c4ccc(N5CCOCC5)cc4)cc23)c1C. The van der Waals surface area contributed by atoms with Crippen LogP contribution in [-0.2, 0) is 4.74 Å². The number of morpholine rings is 1. The van der Waals surface area contributed by atoms with Gasteiger partial charge in [-0.3, -0.25) is 0 Å². The molecule has 3 heterocycles. The van der Waals surface area contributed by atoms with E-state index in [1.165, 1.54) is 11.3 Å². The van der Waals surface area contributed by atoms with Crippen LogP contribution in [0.2, 0.25) is 0 Å². The summed E-state index contributed by atoms with van der Waals surface area (Å²) in [7, 11) is 1.94. The molecule has 1 saturated heterocycles. The number of nitrogens with one attached hydrogen (secondary N) is 2. The summed E-state index contributed by atoms with van der Waals surface area (Å²) in [5.74, 6) is 0. The Labute approximate surface area is 175 Å². The lowest BCUT2D eigenvalue weighted by Crippen LogP contribution is -2.36. The van der Waals surface area contributed by atoms with Crippen molar-refractivity contribution in [2.24, 2.45) is 0 Å². The van der Waals surface area contributed by atoms with Gasteiger partial charge in [0.05, 0.1) is 18.9 Å². The summed E-state index contributed by atoms with van der Waals surface area (Å²) in [6, 6.07) is 17.1. The predicted octanol–water partition coefficient (Wildman–Crippen LogP) is 4.48. The summed E-state index contributed by atoms with van der Waals surface area (Å²) in [6.07, 6.45) is 1.63. The Morgan fingerprint density at radius 1 is 1.03 bits per heavy atom. The number of benzene rings is 2. The van der Waals surface area contributed by atoms with Crippen molar-refractivity contribution in [2.75, 3.05) is 43.6 Å². The summed E-state index contributed by atoms with van der Waals surface area (Å²) in [5.41, 5.74) is 8.61. The largest absolute Gasteiger partial charge is 0.388 e. The van der Waals surface area contributed by atoms with Crippen LogP contribution in [0.15, 0.2) is 54.9 Å². The van der Waals surface area contributed by atoms with Gasteiger partial charge in [0.1, 0.15) is 12.0 Å². The Balaban J connectivity index is 1.52. The van der Waals surface area contributed by atoms with Crippen LogP contribution in [-0.4, -0.2) is 48.3 Å². The summed E-state index contributed by atoms with van der Waals surface area (Å²) in [5, 5.41) is 4.28. The molecule has 30 heavy (non-hydrogen) atoms. The quantitative estimate of drug-likeness (QED) is 0.530. The highest BCUT2D eigenvalue weighted by Crippen LogP contribution is 2.34. The normalized spacial score (nSPS) is 14.3. The van der Waals surface area contributed by atoms with Gasteiger partial charge in [-0.25, -0.2) is 9.97 Å². The van der Waals surface area contributed by atoms with Crippen molar-refractivity contribution in [2.45, 2.75) is 6.92 Å². The molecule has 2 N–H and O–H groups in total. The molecular formula is C24H25N5O. The van der Waals surface area contributed by atoms with Crippen LogP contribution in [0.3, 0.4) is 0 Å². The Kier molecular flexibility index (Phi) is 4.85. The van der Waals surface area contributed by atoms with Crippen molar-refractivity contribution >= 4 is 22.4 Å². The minimum Gasteiger partial charge on any atom is -0.388 e. The van der Waals surface area contributed by atoms with Gasteiger partial charge in [0.25, 0.3) is 0 Å². The first-order valence-electron chi connectivity index (χ1n) is 10.3. The number of aromatic amines is 1. The predicted molar refractivity (Wildman–Crippen MR) is 122 cm³/mol. The molecule has 0 amide bonds. The summed E-state index contributed by atoms with van der Waals surface area (Å²) < 4.78 is 5.45. The lowest BCUT2D eigenvalue weighted by atomic mass is 10.0. The van der Waals surface area contributed by atoms with E-state index < -0.39 is 0 Å². The zero-order valence-electron chi connectivity index (χ0n) is 17.3. The van der Waals surface area contributed by atoms with Crippen LogP contribution >= 0.6 is 0 Å². The molecule has 2 aromatic carbocycles. The van der Waals surface area contributed by atoms with Crippen molar-refractivity contribution in [3.8, 4) is 22.5 Å². The fraction of sp³-hybridized carbons (Fsp3) is 0.250. The lowest BCUT2D eigenvalue weighted by Gasteiger charge is -2.28. The van der Waals surface area contributed by atoms with Gasteiger partial charge in [0.15, 0.2) is 0 Å². The highest BCUT2D eigenvalue weighted by atomic mass is 16.5. The second-order valence-electron chi connectivity index (χ2n) is 7.54. The number of rotatable bonds is 4. The number of ether oxygens (including phenoxy) is 1. The van der Waals surface area contributed by atoms with E-state index in [1.807, 2.05) is 7.05 Å². The molecule has 0 atom stereocenters. The van der Waals surface area contributed by atoms with Gasteiger partial charge in [-0.05, 0) is 42.3 Å². The van der Waals surface area contributed by atoms with E-state index >= 15 is 0 Å². The number of H-pyrrole nitrogens is 1. The average Bonchev–Trinajstić information content (AvgIpc) is 3.25. The van der Waals surface area contributed by atoms with E-state index in [4.69, 9.17) is 4.74 Å². The molecule has 1 aliphatic rings. The number of anilines is 2. The number of hydrogen-bond donors (Lipinski definition) is 2. The molecule has 2 aromatic heterocycles. The molecule has 1 fully saturated rings.